The molecule has 2 aliphatic rings. The third-order valence-electron chi connectivity index (χ3n) is 12.1. The predicted molar refractivity (Wildman–Crippen MR) is 286 cm³/mol. The molecule has 382 valence electrons. The zero-order valence-corrected chi connectivity index (χ0v) is 44.4. The third-order valence-corrected chi connectivity index (χ3v) is 20.4. The molecule has 5 N–H and O–H groups in total. The molecule has 2 saturated heterocycles. The van der Waals surface area contributed by atoms with E-state index in [1.807, 2.05) is 42.5 Å². The molecule has 2 fully saturated rings. The van der Waals surface area contributed by atoms with E-state index in [1.54, 1.807) is 89.8 Å². The first-order chi connectivity index (χ1) is 34.8. The van der Waals surface area contributed by atoms with Gasteiger partial charge in [0.05, 0.1) is 18.0 Å². The summed E-state index contributed by atoms with van der Waals surface area (Å²) in [6.45, 7) is 2.16. The Morgan fingerprint density at radius 1 is 0.575 bits per heavy atom. The summed E-state index contributed by atoms with van der Waals surface area (Å²) >= 11 is 14.0. The van der Waals surface area contributed by atoms with Crippen molar-refractivity contribution < 1.29 is 39.6 Å². The molecule has 5 aromatic carbocycles. The summed E-state index contributed by atoms with van der Waals surface area (Å²) in [7, 11) is -11.2. The number of benzene rings is 5. The molecule has 0 unspecified atom stereocenters. The molecule has 23 heteroatoms. The Labute approximate surface area is 441 Å². The van der Waals surface area contributed by atoms with E-state index in [0.717, 1.165) is 43.2 Å². The number of nitrogens with two attached hydrogens (primary N) is 1. The molecule has 0 saturated carbocycles. The second-order valence-corrected chi connectivity index (χ2v) is 26.0. The van der Waals surface area contributed by atoms with Crippen molar-refractivity contribution in [3.05, 3.63) is 176 Å². The highest BCUT2D eigenvalue weighted by Crippen LogP contribution is 2.30. The van der Waals surface area contributed by atoms with Gasteiger partial charge in [0.1, 0.15) is 8.42 Å². The average molecular weight is 1120 g/mol. The Morgan fingerprint density at radius 3 is 1.60 bits per heavy atom. The minimum atomic E-state index is -3.80. The minimum Gasteiger partial charge on any atom is -0.382 e. The Kier molecular flexibility index (Phi) is 17.0. The van der Waals surface area contributed by atoms with Crippen LogP contribution in [0.4, 0.5) is 5.69 Å². The van der Waals surface area contributed by atoms with E-state index in [-0.39, 0.29) is 63.3 Å². The number of amides is 3. The number of nitrogens with zero attached hydrogens (tertiary/aromatic N) is 3. The first-order valence-electron chi connectivity index (χ1n) is 22.8. The first kappa shape index (κ1) is 53.6. The van der Waals surface area contributed by atoms with Crippen LogP contribution in [-0.4, -0.2) is 102 Å². The molecular weight excluding hydrogens is 1070 g/mol. The number of carbonyl (C=O) groups excluding carboxylic acids is 3. The molecule has 2 aromatic heterocycles. The van der Waals surface area contributed by atoms with Crippen LogP contribution in [0.3, 0.4) is 0 Å². The van der Waals surface area contributed by atoms with E-state index in [0.29, 0.717) is 71.4 Å². The van der Waals surface area contributed by atoms with E-state index < -0.39 is 30.1 Å². The van der Waals surface area contributed by atoms with Crippen LogP contribution in [0.15, 0.2) is 153 Å². The summed E-state index contributed by atoms with van der Waals surface area (Å²) in [5, 5.41) is 17.0. The van der Waals surface area contributed by atoms with Crippen molar-refractivity contribution in [2.75, 3.05) is 44.6 Å². The zero-order valence-electron chi connectivity index (χ0n) is 38.8. The van der Waals surface area contributed by atoms with Gasteiger partial charge in [-0.15, -0.1) is 22.7 Å². The van der Waals surface area contributed by atoms with Crippen molar-refractivity contribution in [1.82, 2.24) is 24.1 Å². The molecule has 73 heavy (non-hydrogen) atoms. The molecule has 7 aromatic rings. The van der Waals surface area contributed by atoms with Gasteiger partial charge in [0.15, 0.2) is 0 Å². The molecular formula is C50H49Cl2N7O9S5. The lowest BCUT2D eigenvalue weighted by molar-refractivity contribution is 0.0699. The van der Waals surface area contributed by atoms with Gasteiger partial charge in [-0.2, -0.15) is 8.61 Å². The molecule has 4 heterocycles. The van der Waals surface area contributed by atoms with Gasteiger partial charge in [0.2, 0.25) is 10.0 Å². The molecule has 2 aliphatic heterocycles. The highest BCUT2D eigenvalue weighted by Gasteiger charge is 2.33. The number of nitrogens with one attached hydrogen (secondary N) is 3. The zero-order chi connectivity index (χ0) is 51.9. The summed E-state index contributed by atoms with van der Waals surface area (Å²) in [5.41, 5.74) is 2.19. The van der Waals surface area contributed by atoms with Crippen LogP contribution in [0, 0.1) is 0 Å². The van der Waals surface area contributed by atoms with Crippen LogP contribution >= 0.6 is 45.9 Å². The molecule has 0 atom stereocenters. The van der Waals surface area contributed by atoms with E-state index in [2.05, 4.69) is 16.0 Å². The lowest BCUT2D eigenvalue weighted by Gasteiger charge is -2.34. The SMILES string of the molecule is NS(=O)(=O)c1cccc(NC2CCN(S(=O)(=O)c3ccc(CNC(=O)c4ccc(Cl)cc4)s3)CC2)c1.O=C(NCc1ccc(S(=O)(=O)N2CCN(C(=O)c3cccc4ccccc34)CC2)s1)c1ccc(Cl)cc1. The number of carbonyl (C=O) groups is 3. The van der Waals surface area contributed by atoms with Gasteiger partial charge in [-0.3, -0.25) is 14.4 Å². The minimum absolute atomic E-state index is 0.00541. The van der Waals surface area contributed by atoms with Crippen molar-refractivity contribution >= 4 is 110 Å². The summed E-state index contributed by atoms with van der Waals surface area (Å²) in [6, 6.07) is 39.2. The summed E-state index contributed by atoms with van der Waals surface area (Å²) in [4.78, 5) is 41.0. The van der Waals surface area contributed by atoms with Crippen molar-refractivity contribution in [3.63, 3.8) is 0 Å². The smallest absolute Gasteiger partial charge is 0.254 e. The summed E-state index contributed by atoms with van der Waals surface area (Å²) in [5.74, 6) is -0.626. The normalized spacial score (nSPS) is 15.0. The number of piperazine rings is 1. The second-order valence-electron chi connectivity index (χ2n) is 16.9. The highest BCUT2D eigenvalue weighted by molar-refractivity contribution is 7.91. The van der Waals surface area contributed by atoms with Crippen LogP contribution in [0.5, 0.6) is 0 Å². The first-order valence-corrected chi connectivity index (χ1v) is 29.6. The maximum Gasteiger partial charge on any atom is 0.254 e. The number of piperidine rings is 1. The predicted octanol–water partition coefficient (Wildman–Crippen LogP) is 7.88. The molecule has 0 spiro atoms. The summed E-state index contributed by atoms with van der Waals surface area (Å²) < 4.78 is 79.2. The molecule has 0 bridgehead atoms. The Hall–Kier alpha value is -5.72. The number of halogens is 2. The molecule has 16 nitrogen and oxygen atoms in total. The van der Waals surface area contributed by atoms with E-state index in [9.17, 15) is 39.6 Å². The monoisotopic (exact) mass is 1120 g/mol. The number of hydrogen-bond acceptors (Lipinski definition) is 12. The molecule has 0 radical (unpaired) electrons. The number of rotatable bonds is 14. The lowest BCUT2D eigenvalue weighted by atomic mass is 10.0. The quantitative estimate of drug-likeness (QED) is 0.0824. The van der Waals surface area contributed by atoms with Crippen molar-refractivity contribution in [1.29, 1.82) is 0 Å². The van der Waals surface area contributed by atoms with Gasteiger partial charge in [-0.05, 0) is 121 Å². The van der Waals surface area contributed by atoms with Crippen molar-refractivity contribution in [2.24, 2.45) is 5.14 Å². The van der Waals surface area contributed by atoms with Crippen LogP contribution in [0.25, 0.3) is 10.8 Å². The van der Waals surface area contributed by atoms with Crippen LogP contribution < -0.4 is 21.1 Å². The lowest BCUT2D eigenvalue weighted by Crippen LogP contribution is -2.50. The Balaban J connectivity index is 0.000000195. The molecule has 9 rings (SSSR count). The maximum atomic E-state index is 13.2. The van der Waals surface area contributed by atoms with Gasteiger partial charge in [-0.25, -0.2) is 30.4 Å². The topological polar surface area (TPSA) is 225 Å². The fraction of sp³-hybridized carbons (Fsp3) is 0.220. The van der Waals surface area contributed by atoms with Gasteiger partial charge in [-0.1, -0.05) is 65.7 Å². The second kappa shape index (κ2) is 23.2. The van der Waals surface area contributed by atoms with E-state index >= 15 is 0 Å². The van der Waals surface area contributed by atoms with Gasteiger partial charge in [0, 0.05) is 87.5 Å². The maximum absolute atomic E-state index is 13.2. The third kappa shape index (κ3) is 13.3. The van der Waals surface area contributed by atoms with Crippen molar-refractivity contribution in [3.8, 4) is 0 Å². The van der Waals surface area contributed by atoms with E-state index in [1.165, 1.54) is 20.7 Å². The van der Waals surface area contributed by atoms with Crippen LogP contribution in [-0.2, 0) is 43.2 Å². The van der Waals surface area contributed by atoms with Gasteiger partial charge in [0.25, 0.3) is 37.8 Å². The van der Waals surface area contributed by atoms with Crippen LogP contribution in [0.1, 0.15) is 53.7 Å². The number of thiophene rings is 2. The Bertz CT molecular complexity index is 3460. The van der Waals surface area contributed by atoms with Gasteiger partial charge >= 0.3 is 0 Å². The fourth-order valence-corrected chi connectivity index (χ4v) is 14.7. The Morgan fingerprint density at radius 2 is 1.07 bits per heavy atom. The average Bonchev–Trinajstić information content (AvgIpc) is 4.09. The van der Waals surface area contributed by atoms with Crippen molar-refractivity contribution in [2.45, 2.75) is 45.3 Å². The van der Waals surface area contributed by atoms with E-state index in [4.69, 9.17) is 28.3 Å². The highest BCUT2D eigenvalue weighted by atomic mass is 35.5. The number of hydrogen-bond donors (Lipinski definition) is 4. The standard InChI is InChI=1S/C27H24ClN3O4S2.C23H25ClN4O5S3/c28-21-10-8-20(9-11-21)26(32)29-18-22-12-13-25(36-22)37(34,35)31-16-14-30(15-17-31)27(33)24-7-3-5-19-4-1-2-6-23(19)24;24-17-6-4-16(5-7-17)23(29)26-15-20-8-9-22(34-20)36(32,33)28-12-10-18(11-13-28)27-19-2-1-3-21(14-19)35(25,30)31/h1-13H,14-18H2,(H,29,32);1-9,14,18,27H,10-13,15H2,(H,26,29)(H2,25,30,31). The number of fused-ring (bicyclic) bond motifs is 1. The number of anilines is 1. The molecule has 3 amide bonds. The van der Waals surface area contributed by atoms with Gasteiger partial charge < -0.3 is 20.9 Å². The van der Waals surface area contributed by atoms with Crippen LogP contribution in [0.2, 0.25) is 10.0 Å². The largest absolute Gasteiger partial charge is 0.382 e. The number of primary sulfonamides is 1. The number of sulfonamides is 3. The fourth-order valence-electron chi connectivity index (χ4n) is 8.13. The summed E-state index contributed by atoms with van der Waals surface area (Å²) in [6.07, 6.45) is 1.13. The molecule has 0 aliphatic carbocycles.